The predicted molar refractivity (Wildman–Crippen MR) is 114 cm³/mol. The predicted octanol–water partition coefficient (Wildman–Crippen LogP) is 6.05. The molecule has 8 heteroatoms. The second-order valence-electron chi connectivity index (χ2n) is 7.19. The molecule has 0 radical (unpaired) electrons. The van der Waals surface area contributed by atoms with Gasteiger partial charge in [0.25, 0.3) is 0 Å². The number of nitrogens with one attached hydrogen (secondary N) is 1. The lowest BCUT2D eigenvalue weighted by Crippen LogP contribution is -2.07. The highest BCUT2D eigenvalue weighted by molar-refractivity contribution is 5.67. The molecule has 0 aliphatic carbocycles. The molecule has 2 aromatic carbocycles. The van der Waals surface area contributed by atoms with Crippen LogP contribution in [0.4, 0.5) is 13.2 Å². The third kappa shape index (κ3) is 4.74. The number of hydrogen-bond acceptors (Lipinski definition) is 4. The number of aromatic amines is 1. The van der Waals surface area contributed by atoms with Crippen molar-refractivity contribution in [1.29, 1.82) is 0 Å². The molecule has 32 heavy (non-hydrogen) atoms. The number of aromatic nitrogens is 3. The van der Waals surface area contributed by atoms with Gasteiger partial charge in [-0.25, -0.2) is 4.98 Å². The number of pyridine rings is 1. The molecule has 0 spiro atoms. The summed E-state index contributed by atoms with van der Waals surface area (Å²) >= 11 is 0. The Labute approximate surface area is 182 Å². The van der Waals surface area contributed by atoms with Crippen molar-refractivity contribution in [3.05, 3.63) is 83.8 Å². The third-order valence-corrected chi connectivity index (χ3v) is 4.89. The van der Waals surface area contributed by atoms with Crippen LogP contribution in [0.15, 0.2) is 67.0 Å². The highest BCUT2D eigenvalue weighted by Crippen LogP contribution is 2.33. The number of methoxy groups -OCH3 is 1. The summed E-state index contributed by atoms with van der Waals surface area (Å²) in [7, 11) is 1.52. The van der Waals surface area contributed by atoms with Gasteiger partial charge in [0.15, 0.2) is 11.5 Å². The number of H-pyrrole nitrogens is 1. The molecule has 0 fully saturated rings. The molecular weight excluding hydrogens is 419 g/mol. The first kappa shape index (κ1) is 21.4. The Balaban J connectivity index is 1.49. The van der Waals surface area contributed by atoms with E-state index in [1.807, 2.05) is 43.5 Å². The Morgan fingerprint density at radius 3 is 2.34 bits per heavy atom. The maximum atomic E-state index is 12.7. The van der Waals surface area contributed by atoms with Gasteiger partial charge in [-0.2, -0.15) is 13.2 Å². The summed E-state index contributed by atoms with van der Waals surface area (Å²) in [5.74, 6) is 1.69. The summed E-state index contributed by atoms with van der Waals surface area (Å²) in [5.41, 5.74) is 3.31. The number of benzene rings is 2. The number of halogens is 3. The number of nitrogens with zero attached hydrogens (tertiary/aromatic N) is 2. The zero-order chi connectivity index (χ0) is 22.7. The van der Waals surface area contributed by atoms with Gasteiger partial charge in [-0.15, -0.1) is 0 Å². The highest BCUT2D eigenvalue weighted by atomic mass is 19.4. The Kier molecular flexibility index (Phi) is 5.85. The normalized spacial score (nSPS) is 11.4. The lowest BCUT2D eigenvalue weighted by Gasteiger charge is -2.12. The molecule has 2 heterocycles. The molecule has 2 aromatic heterocycles. The van der Waals surface area contributed by atoms with E-state index in [0.717, 1.165) is 34.9 Å². The molecule has 164 valence electrons. The molecule has 1 N–H and O–H groups in total. The van der Waals surface area contributed by atoms with E-state index in [4.69, 9.17) is 9.47 Å². The maximum Gasteiger partial charge on any atom is 0.417 e. The van der Waals surface area contributed by atoms with E-state index in [9.17, 15) is 13.2 Å². The molecule has 4 aromatic rings. The minimum absolute atomic E-state index is 0.00776. The first-order valence-electron chi connectivity index (χ1n) is 9.79. The molecule has 0 amide bonds. The number of alkyl halides is 3. The van der Waals surface area contributed by atoms with E-state index in [2.05, 4.69) is 15.0 Å². The largest absolute Gasteiger partial charge is 0.493 e. The highest BCUT2D eigenvalue weighted by Gasteiger charge is 2.30. The lowest BCUT2D eigenvalue weighted by molar-refractivity contribution is -0.137. The Morgan fingerprint density at radius 2 is 1.69 bits per heavy atom. The van der Waals surface area contributed by atoms with Crippen LogP contribution in [0.3, 0.4) is 0 Å². The van der Waals surface area contributed by atoms with Gasteiger partial charge in [0.05, 0.1) is 24.1 Å². The number of hydrogen-bond donors (Lipinski definition) is 1. The van der Waals surface area contributed by atoms with Crippen LogP contribution in [0.1, 0.15) is 16.8 Å². The van der Waals surface area contributed by atoms with Crippen molar-refractivity contribution in [3.63, 3.8) is 0 Å². The molecule has 5 nitrogen and oxygen atoms in total. The number of rotatable bonds is 6. The van der Waals surface area contributed by atoms with E-state index >= 15 is 0 Å². The van der Waals surface area contributed by atoms with E-state index in [1.165, 1.54) is 18.7 Å². The van der Waals surface area contributed by atoms with Crippen LogP contribution in [0.5, 0.6) is 11.5 Å². The van der Waals surface area contributed by atoms with Gasteiger partial charge in [0.1, 0.15) is 12.4 Å². The van der Waals surface area contributed by atoms with E-state index in [-0.39, 0.29) is 6.61 Å². The summed E-state index contributed by atoms with van der Waals surface area (Å²) < 4.78 is 49.1. The standard InChI is InChI=1S/C24H20F3N3O2/c1-15-3-5-16(6-4-15)23-29-13-20(30-23)17-7-10-21(22(11-17)31-2)32-14-19-9-8-18(12-28-19)24(25,26)27/h3-13H,14H2,1-2H3,(H,29,30). The molecule has 0 aliphatic heterocycles. The fourth-order valence-corrected chi connectivity index (χ4v) is 3.10. The van der Waals surface area contributed by atoms with Crippen molar-refractivity contribution in [1.82, 2.24) is 15.0 Å². The smallest absolute Gasteiger partial charge is 0.417 e. The zero-order valence-corrected chi connectivity index (χ0v) is 17.4. The van der Waals surface area contributed by atoms with Crippen molar-refractivity contribution in [2.45, 2.75) is 19.7 Å². The van der Waals surface area contributed by atoms with Crippen LogP contribution in [-0.4, -0.2) is 22.1 Å². The average molecular weight is 439 g/mol. The summed E-state index contributed by atoms with van der Waals surface area (Å²) in [5, 5.41) is 0. The molecule has 0 saturated heterocycles. The quantitative estimate of drug-likeness (QED) is 0.397. The fourth-order valence-electron chi connectivity index (χ4n) is 3.10. The summed E-state index contributed by atoms with van der Waals surface area (Å²) in [4.78, 5) is 11.7. The van der Waals surface area contributed by atoms with Gasteiger partial charge in [0, 0.05) is 23.5 Å². The first-order chi connectivity index (χ1) is 15.3. The topological polar surface area (TPSA) is 60.0 Å². The third-order valence-electron chi connectivity index (χ3n) is 4.89. The summed E-state index contributed by atoms with van der Waals surface area (Å²) in [6, 6.07) is 15.7. The minimum atomic E-state index is -4.42. The van der Waals surface area contributed by atoms with Crippen LogP contribution in [0.2, 0.25) is 0 Å². The van der Waals surface area contributed by atoms with Crippen molar-refractivity contribution in [2.24, 2.45) is 0 Å². The molecule has 4 rings (SSSR count). The van der Waals surface area contributed by atoms with Gasteiger partial charge in [0.2, 0.25) is 0 Å². The molecule has 0 bridgehead atoms. The lowest BCUT2D eigenvalue weighted by atomic mass is 10.1. The number of ether oxygens (including phenoxy) is 2. The van der Waals surface area contributed by atoms with Gasteiger partial charge in [-0.05, 0) is 37.3 Å². The monoisotopic (exact) mass is 439 g/mol. The Hall–Kier alpha value is -3.81. The Morgan fingerprint density at radius 1 is 0.938 bits per heavy atom. The van der Waals surface area contributed by atoms with Crippen LogP contribution < -0.4 is 9.47 Å². The van der Waals surface area contributed by atoms with Crippen LogP contribution in [0.25, 0.3) is 22.6 Å². The number of aryl methyl sites for hydroxylation is 1. The average Bonchev–Trinajstić information content (AvgIpc) is 3.28. The van der Waals surface area contributed by atoms with E-state index in [0.29, 0.717) is 17.2 Å². The van der Waals surface area contributed by atoms with Crippen molar-refractivity contribution in [3.8, 4) is 34.1 Å². The van der Waals surface area contributed by atoms with Crippen LogP contribution in [0, 0.1) is 6.92 Å². The van der Waals surface area contributed by atoms with Crippen LogP contribution >= 0.6 is 0 Å². The van der Waals surface area contributed by atoms with Crippen LogP contribution in [-0.2, 0) is 12.8 Å². The second-order valence-corrected chi connectivity index (χ2v) is 7.19. The SMILES string of the molecule is COc1cc(-c2c[nH]c(-c3ccc(C)cc3)n2)ccc1OCc1ccc(C(F)(F)F)cn1. The molecule has 0 atom stereocenters. The van der Waals surface area contributed by atoms with Gasteiger partial charge in [-0.3, -0.25) is 4.98 Å². The molecular formula is C24H20F3N3O2. The maximum absolute atomic E-state index is 12.7. The number of imidazole rings is 1. The minimum Gasteiger partial charge on any atom is -0.493 e. The van der Waals surface area contributed by atoms with Gasteiger partial charge >= 0.3 is 6.18 Å². The van der Waals surface area contributed by atoms with Crippen molar-refractivity contribution < 1.29 is 22.6 Å². The summed E-state index contributed by atoms with van der Waals surface area (Å²) in [6.45, 7) is 2.04. The molecule has 0 aliphatic rings. The zero-order valence-electron chi connectivity index (χ0n) is 17.4. The first-order valence-corrected chi connectivity index (χ1v) is 9.79. The van der Waals surface area contributed by atoms with E-state index in [1.54, 1.807) is 12.1 Å². The molecule has 0 saturated carbocycles. The van der Waals surface area contributed by atoms with Crippen molar-refractivity contribution >= 4 is 0 Å². The van der Waals surface area contributed by atoms with Gasteiger partial charge < -0.3 is 14.5 Å². The van der Waals surface area contributed by atoms with E-state index < -0.39 is 11.7 Å². The second kappa shape index (κ2) is 8.74. The van der Waals surface area contributed by atoms with Gasteiger partial charge in [-0.1, -0.05) is 29.8 Å². The summed E-state index contributed by atoms with van der Waals surface area (Å²) in [6.07, 6.45) is -1.81. The molecule has 0 unspecified atom stereocenters. The fraction of sp³-hybridized carbons (Fsp3) is 0.167. The van der Waals surface area contributed by atoms with Crippen molar-refractivity contribution in [2.75, 3.05) is 7.11 Å². The Bertz CT molecular complexity index is 1200.